The molecular weight excluding hydrogens is 949 g/mol. The lowest BCUT2D eigenvalue weighted by molar-refractivity contribution is 0.468. The Kier molecular flexibility index (Phi) is 15.9. The highest BCUT2D eigenvalue weighted by atomic mass is 35.7. The van der Waals surface area contributed by atoms with E-state index in [1.165, 1.54) is 22.3 Å². The second-order valence-corrected chi connectivity index (χ2v) is 22.4. The van der Waals surface area contributed by atoms with Crippen molar-refractivity contribution in [1.29, 1.82) is 0 Å². The van der Waals surface area contributed by atoms with Gasteiger partial charge in [0.05, 0.1) is 0 Å². The molecule has 0 radical (unpaired) electrons. The zero-order valence-electron chi connectivity index (χ0n) is 40.6. The van der Waals surface area contributed by atoms with Gasteiger partial charge in [0.25, 0.3) is 0 Å². The number of halogens is 1. The summed E-state index contributed by atoms with van der Waals surface area (Å²) in [6.07, 6.45) is 24.3. The number of phenolic OH excluding ortho intramolecular Hbond substituents is 2. The normalized spacial score (nSPS) is 11.1. The van der Waals surface area contributed by atoms with E-state index in [9.17, 15) is 10.2 Å². The number of phenols is 2. The van der Waals surface area contributed by atoms with Gasteiger partial charge in [0.15, 0.2) is 0 Å². The molecule has 4 aromatic carbocycles. The van der Waals surface area contributed by atoms with Crippen molar-refractivity contribution in [3.05, 3.63) is 240 Å². The molecule has 10 nitrogen and oxygen atoms in total. The van der Waals surface area contributed by atoms with Crippen molar-refractivity contribution in [3.8, 4) is 45.3 Å². The lowest BCUT2D eigenvalue weighted by Crippen LogP contribution is -2.07. The summed E-state index contributed by atoms with van der Waals surface area (Å²) in [5, 5.41) is 20.2. The zero-order valence-corrected chi connectivity index (χ0v) is 44.0. The average molecular weight is 1010 g/mol. The fraction of sp³-hybridized carbons (Fsp3) is 0.143. The molecule has 0 aliphatic heterocycles. The molecular formula is C56H58ClN6O4P3. The van der Waals surface area contributed by atoms with Gasteiger partial charge in [-0.05, 0) is 208 Å². The molecule has 10 aromatic rings. The van der Waals surface area contributed by atoms with Crippen molar-refractivity contribution in [3.63, 3.8) is 0 Å². The SMILES string of the molecule is Cc1ccc(O)c(-c2c(O)ccc(C)c2C)c1C.Cc1ccc(OP(n2cccc2)n2cccc2)c(-c2c(OP(n3cccc3)n3cccc3)ccc(C)c2C)c1C.ClP(n1cccc1)n1cccc1. The average Bonchev–Trinajstić information content (AvgIpc) is 4.21. The molecule has 0 fully saturated rings. The number of nitrogens with zero attached hydrogens (tertiary/aromatic N) is 6. The summed E-state index contributed by atoms with van der Waals surface area (Å²) in [6.45, 7) is 16.6. The monoisotopic (exact) mass is 1010 g/mol. The Morgan fingerprint density at radius 2 is 0.557 bits per heavy atom. The Labute approximate surface area is 419 Å². The lowest BCUT2D eigenvalue weighted by atomic mass is 9.90. The first-order chi connectivity index (χ1) is 33.8. The van der Waals surface area contributed by atoms with Crippen molar-refractivity contribution < 1.29 is 19.3 Å². The van der Waals surface area contributed by atoms with Gasteiger partial charge in [-0.1, -0.05) is 24.3 Å². The highest BCUT2D eigenvalue weighted by Crippen LogP contribution is 2.52. The Morgan fingerprint density at radius 3 is 0.829 bits per heavy atom. The molecule has 0 bridgehead atoms. The number of hydrogen-bond acceptors (Lipinski definition) is 4. The van der Waals surface area contributed by atoms with Gasteiger partial charge in [-0.3, -0.25) is 17.4 Å². The molecule has 0 amide bonds. The molecule has 0 aliphatic carbocycles. The summed E-state index contributed by atoms with van der Waals surface area (Å²) < 4.78 is 26.4. The number of aromatic hydroxyl groups is 2. The summed E-state index contributed by atoms with van der Waals surface area (Å²) in [4.78, 5) is 0. The van der Waals surface area contributed by atoms with E-state index in [1.807, 2.05) is 146 Å². The minimum Gasteiger partial charge on any atom is -0.507 e. The third-order valence-electron chi connectivity index (χ3n) is 12.4. The minimum atomic E-state index is -1.20. The van der Waals surface area contributed by atoms with Gasteiger partial charge >= 0.3 is 16.9 Å². The Balaban J connectivity index is 0.000000179. The third kappa shape index (κ3) is 10.9. The van der Waals surface area contributed by atoms with Crippen LogP contribution >= 0.6 is 35.7 Å². The molecule has 0 aliphatic rings. The van der Waals surface area contributed by atoms with Crippen molar-refractivity contribution in [1.82, 2.24) is 26.0 Å². The molecule has 0 unspecified atom stereocenters. The van der Waals surface area contributed by atoms with Crippen molar-refractivity contribution in [2.45, 2.75) is 55.4 Å². The predicted octanol–water partition coefficient (Wildman–Crippen LogP) is 16.3. The van der Waals surface area contributed by atoms with E-state index in [0.29, 0.717) is 0 Å². The molecule has 14 heteroatoms. The molecule has 6 aromatic heterocycles. The van der Waals surface area contributed by atoms with E-state index in [1.54, 1.807) is 12.1 Å². The van der Waals surface area contributed by atoms with E-state index in [-0.39, 0.29) is 11.5 Å². The molecule has 358 valence electrons. The minimum absolute atomic E-state index is 0.210. The smallest absolute Gasteiger partial charge is 0.317 e. The van der Waals surface area contributed by atoms with Crippen LogP contribution in [0.4, 0.5) is 0 Å². The molecule has 6 heterocycles. The predicted molar refractivity (Wildman–Crippen MR) is 292 cm³/mol. The van der Waals surface area contributed by atoms with Crippen LogP contribution in [-0.4, -0.2) is 36.2 Å². The van der Waals surface area contributed by atoms with E-state index in [0.717, 1.165) is 56.0 Å². The van der Waals surface area contributed by atoms with Crippen LogP contribution in [0.3, 0.4) is 0 Å². The van der Waals surface area contributed by atoms with Crippen molar-refractivity contribution in [2.24, 2.45) is 0 Å². The first kappa shape index (κ1) is 49.8. The van der Waals surface area contributed by atoms with E-state index < -0.39 is 24.5 Å². The maximum absolute atomic E-state index is 10.1. The largest absolute Gasteiger partial charge is 0.507 e. The molecule has 0 spiro atoms. The third-order valence-corrected chi connectivity index (χ3v) is 18.1. The fourth-order valence-electron chi connectivity index (χ4n) is 7.94. The van der Waals surface area contributed by atoms with Gasteiger partial charge in [0.2, 0.25) is 7.58 Å². The molecule has 0 saturated heterocycles. The van der Waals surface area contributed by atoms with E-state index in [2.05, 4.69) is 119 Å². The fourth-order valence-corrected chi connectivity index (χ4v) is 12.6. The van der Waals surface area contributed by atoms with Crippen molar-refractivity contribution >= 4 is 35.7 Å². The maximum atomic E-state index is 10.1. The quantitative estimate of drug-likeness (QED) is 0.119. The lowest BCUT2D eigenvalue weighted by Gasteiger charge is -2.26. The van der Waals surface area contributed by atoms with Crippen molar-refractivity contribution in [2.75, 3.05) is 0 Å². The molecule has 0 saturated carbocycles. The second kappa shape index (κ2) is 22.4. The molecule has 70 heavy (non-hydrogen) atoms. The topological polar surface area (TPSA) is 88.5 Å². The van der Waals surface area contributed by atoms with Gasteiger partial charge in [0, 0.05) is 96.6 Å². The summed E-state index contributed by atoms with van der Waals surface area (Å²) in [7, 11) is -3.18. The summed E-state index contributed by atoms with van der Waals surface area (Å²) in [5.74, 6) is 2.09. The summed E-state index contributed by atoms with van der Waals surface area (Å²) in [5.41, 5.74) is 12.6. The van der Waals surface area contributed by atoms with Gasteiger partial charge in [-0.2, -0.15) is 0 Å². The standard InChI is InChI=1S/C32H32N4O2P2.C16H18O2.C8H8ClN2P/c1-25-13-15-29(37-39(33-17-5-6-18-33)34-19-7-8-20-34)31(27(25)3)32-28(4)26(2)14-16-30(32)38-40(35-21-9-10-22-35)36-23-11-12-24-36;1-9-5-7-13(17)15(11(9)3)16-12(4)10(2)6-8-14(16)18;9-12(10-5-1-2-6-10)11-7-3-4-8-11/h5-24H,1-4H3;5-8,17-18H,1-4H3;1-8H. The molecule has 0 atom stereocenters. The highest BCUT2D eigenvalue weighted by Gasteiger charge is 2.26. The molecule has 10 rings (SSSR count). The van der Waals surface area contributed by atoms with Gasteiger partial charge in [-0.15, -0.1) is 0 Å². The van der Waals surface area contributed by atoms with Crippen LogP contribution in [0, 0.1) is 55.4 Å². The summed E-state index contributed by atoms with van der Waals surface area (Å²) >= 11 is 6.21. The number of aryl methyl sites for hydroxylation is 4. The molecule has 2 N–H and O–H groups in total. The van der Waals surface area contributed by atoms with Crippen LogP contribution in [0.5, 0.6) is 23.0 Å². The maximum Gasteiger partial charge on any atom is 0.317 e. The van der Waals surface area contributed by atoms with Crippen LogP contribution < -0.4 is 9.05 Å². The Hall–Kier alpha value is -6.66. The first-order valence-corrected chi connectivity index (χ1v) is 27.3. The van der Waals surface area contributed by atoms with Gasteiger partial charge < -0.3 is 27.9 Å². The van der Waals surface area contributed by atoms with Crippen LogP contribution in [0.1, 0.15) is 44.5 Å². The van der Waals surface area contributed by atoms with Crippen LogP contribution in [0.15, 0.2) is 196 Å². The van der Waals surface area contributed by atoms with Crippen LogP contribution in [0.25, 0.3) is 22.3 Å². The number of benzene rings is 4. The zero-order chi connectivity index (χ0) is 49.5. The number of rotatable bonds is 12. The summed E-state index contributed by atoms with van der Waals surface area (Å²) in [6, 6.07) is 39.8. The van der Waals surface area contributed by atoms with Crippen LogP contribution in [0.2, 0.25) is 0 Å². The first-order valence-electron chi connectivity index (χ1n) is 22.8. The second-order valence-electron chi connectivity index (χ2n) is 16.9. The highest BCUT2D eigenvalue weighted by molar-refractivity contribution is 7.81. The number of hydrogen-bond donors (Lipinski definition) is 2. The Bertz CT molecular complexity index is 2960. The van der Waals surface area contributed by atoms with Gasteiger partial charge in [-0.25, -0.2) is 0 Å². The number of aromatic nitrogens is 6. The Morgan fingerprint density at radius 1 is 0.329 bits per heavy atom. The van der Waals surface area contributed by atoms with Gasteiger partial charge in [0.1, 0.15) is 23.0 Å². The van der Waals surface area contributed by atoms with Crippen LogP contribution in [-0.2, 0) is 0 Å². The van der Waals surface area contributed by atoms with E-state index in [4.69, 9.17) is 20.3 Å². The van der Waals surface area contributed by atoms with E-state index >= 15 is 0 Å².